The van der Waals surface area contributed by atoms with E-state index in [0.717, 1.165) is 13.1 Å². The minimum Gasteiger partial charge on any atom is -0.326 e. The summed E-state index contributed by atoms with van der Waals surface area (Å²) in [6.07, 6.45) is 1.98. The number of nitrogens with zero attached hydrogens (tertiary/aromatic N) is 3. The van der Waals surface area contributed by atoms with Gasteiger partial charge in [0.1, 0.15) is 6.04 Å². The maximum Gasteiger partial charge on any atom is 0.243 e. The van der Waals surface area contributed by atoms with Crippen molar-refractivity contribution in [2.75, 3.05) is 13.1 Å². The molecule has 1 aliphatic heterocycles. The summed E-state index contributed by atoms with van der Waals surface area (Å²) < 4.78 is 0. The molecule has 0 radical (unpaired) electrons. The van der Waals surface area contributed by atoms with Crippen molar-refractivity contribution in [3.8, 4) is 0 Å². The molecule has 0 aromatic rings. The van der Waals surface area contributed by atoms with Crippen LogP contribution in [0.1, 0.15) is 55.4 Å². The van der Waals surface area contributed by atoms with Gasteiger partial charge in [-0.25, -0.2) is 0 Å². The van der Waals surface area contributed by atoms with Crippen LogP contribution in [0.2, 0.25) is 0 Å². The summed E-state index contributed by atoms with van der Waals surface area (Å²) >= 11 is 0. The Labute approximate surface area is 124 Å². The zero-order valence-corrected chi connectivity index (χ0v) is 14.4. The summed E-state index contributed by atoms with van der Waals surface area (Å²) in [7, 11) is 0. The molecule has 4 nitrogen and oxygen atoms in total. The minimum absolute atomic E-state index is 0.0460. The largest absolute Gasteiger partial charge is 0.326 e. The number of rotatable bonds is 4. The van der Waals surface area contributed by atoms with Crippen LogP contribution in [0.4, 0.5) is 0 Å². The number of carbonyl (C=O) groups is 1. The van der Waals surface area contributed by atoms with E-state index >= 15 is 0 Å². The number of aliphatic imine (C=N–C) groups is 1. The van der Waals surface area contributed by atoms with E-state index < -0.39 is 0 Å². The fourth-order valence-electron chi connectivity index (χ4n) is 2.71. The highest BCUT2D eigenvalue weighted by molar-refractivity contribution is 5.97. The average Bonchev–Trinajstić information content (AvgIpc) is 2.27. The van der Waals surface area contributed by atoms with Crippen molar-refractivity contribution < 1.29 is 4.79 Å². The van der Waals surface area contributed by atoms with Gasteiger partial charge >= 0.3 is 0 Å². The van der Waals surface area contributed by atoms with Crippen LogP contribution in [0.5, 0.6) is 0 Å². The van der Waals surface area contributed by atoms with Gasteiger partial charge in [0.2, 0.25) is 5.91 Å². The molecule has 1 amide bonds. The van der Waals surface area contributed by atoms with Crippen molar-refractivity contribution in [3.05, 3.63) is 0 Å². The zero-order valence-electron chi connectivity index (χ0n) is 14.4. The van der Waals surface area contributed by atoms with Gasteiger partial charge < -0.3 is 4.90 Å². The third-order valence-electron chi connectivity index (χ3n) is 3.66. The molecule has 0 saturated carbocycles. The second kappa shape index (κ2) is 5.84. The Bertz CT molecular complexity index is 372. The Hall–Kier alpha value is -0.900. The Balaban J connectivity index is 3.02. The van der Waals surface area contributed by atoms with E-state index in [1.54, 1.807) is 0 Å². The number of likely N-dealkylation sites (tertiary alicyclic amines) is 1. The minimum atomic E-state index is -0.157. The number of hydrogen-bond acceptors (Lipinski definition) is 3. The lowest BCUT2D eigenvalue weighted by atomic mass is 9.87. The maximum atomic E-state index is 12.5. The molecule has 0 aromatic carbocycles. The summed E-state index contributed by atoms with van der Waals surface area (Å²) in [5.74, 6) is 0.228. The first-order chi connectivity index (χ1) is 9.03. The monoisotopic (exact) mass is 281 g/mol. The highest BCUT2D eigenvalue weighted by Gasteiger charge is 2.52. The summed E-state index contributed by atoms with van der Waals surface area (Å²) in [4.78, 5) is 21.3. The fraction of sp³-hybridized carbons (Fsp3) is 0.875. The molecule has 0 aromatic heterocycles. The Kier molecular flexibility index (Phi) is 5.01. The Morgan fingerprint density at radius 1 is 1.15 bits per heavy atom. The molecule has 1 rings (SSSR count). The molecule has 0 spiro atoms. The molecule has 116 valence electrons. The van der Waals surface area contributed by atoms with Crippen LogP contribution < -0.4 is 0 Å². The van der Waals surface area contributed by atoms with Gasteiger partial charge in [-0.3, -0.25) is 14.7 Å². The standard InChI is InChI=1S/C16H31N3O/c1-9-18(10-2)13-12(11-17-15(3,4)5)19(14(13)20)16(6,7)8/h11-13H,9-10H2,1-8H3/t12-,13-/m0/s1. The van der Waals surface area contributed by atoms with E-state index in [2.05, 4.69) is 65.3 Å². The quantitative estimate of drug-likeness (QED) is 0.586. The first-order valence-corrected chi connectivity index (χ1v) is 7.65. The second-order valence-electron chi connectivity index (χ2n) is 7.48. The van der Waals surface area contributed by atoms with Crippen LogP contribution >= 0.6 is 0 Å². The molecular weight excluding hydrogens is 250 g/mol. The first-order valence-electron chi connectivity index (χ1n) is 7.65. The molecule has 1 fully saturated rings. The molecule has 1 aliphatic rings. The van der Waals surface area contributed by atoms with Gasteiger partial charge in [-0.1, -0.05) is 13.8 Å². The molecule has 1 heterocycles. The molecule has 0 unspecified atom stereocenters. The van der Waals surface area contributed by atoms with Crippen LogP contribution in [0.15, 0.2) is 4.99 Å². The van der Waals surface area contributed by atoms with Crippen molar-refractivity contribution in [1.29, 1.82) is 0 Å². The third kappa shape index (κ3) is 3.60. The van der Waals surface area contributed by atoms with Gasteiger partial charge in [-0.15, -0.1) is 0 Å². The molecule has 0 aliphatic carbocycles. The van der Waals surface area contributed by atoms with Gasteiger partial charge in [-0.05, 0) is 54.6 Å². The molecule has 0 N–H and O–H groups in total. The van der Waals surface area contributed by atoms with Gasteiger partial charge in [0.25, 0.3) is 0 Å². The number of amides is 1. The molecule has 0 bridgehead atoms. The normalized spacial score (nSPS) is 24.6. The fourth-order valence-corrected chi connectivity index (χ4v) is 2.71. The van der Waals surface area contributed by atoms with Crippen LogP contribution in [-0.2, 0) is 4.79 Å². The van der Waals surface area contributed by atoms with Crippen LogP contribution in [0.25, 0.3) is 0 Å². The van der Waals surface area contributed by atoms with Crippen molar-refractivity contribution in [3.63, 3.8) is 0 Å². The van der Waals surface area contributed by atoms with E-state index in [1.165, 1.54) is 0 Å². The average molecular weight is 281 g/mol. The lowest BCUT2D eigenvalue weighted by Crippen LogP contribution is -2.75. The number of likely N-dealkylation sites (N-methyl/N-ethyl adjacent to an activating group) is 1. The SMILES string of the molecule is CCN(CC)[C@@H]1C(=O)N(C(C)(C)C)[C@H]1C=NC(C)(C)C. The van der Waals surface area contributed by atoms with Gasteiger partial charge in [0.05, 0.1) is 11.6 Å². The molecular formula is C16H31N3O. The zero-order chi connectivity index (χ0) is 15.7. The van der Waals surface area contributed by atoms with Crippen molar-refractivity contribution in [2.24, 2.45) is 4.99 Å². The molecule has 20 heavy (non-hydrogen) atoms. The van der Waals surface area contributed by atoms with Gasteiger partial charge in [0, 0.05) is 11.8 Å². The molecule has 1 saturated heterocycles. The van der Waals surface area contributed by atoms with E-state index in [4.69, 9.17) is 0 Å². The predicted octanol–water partition coefficient (Wildman–Crippen LogP) is 2.58. The third-order valence-corrected chi connectivity index (χ3v) is 3.66. The Morgan fingerprint density at radius 2 is 1.65 bits per heavy atom. The highest BCUT2D eigenvalue weighted by Crippen LogP contribution is 2.32. The maximum absolute atomic E-state index is 12.5. The smallest absolute Gasteiger partial charge is 0.243 e. The first kappa shape index (κ1) is 17.2. The lowest BCUT2D eigenvalue weighted by molar-refractivity contribution is -0.162. The lowest BCUT2D eigenvalue weighted by Gasteiger charge is -2.55. The number of carbonyl (C=O) groups excluding carboxylic acids is 1. The van der Waals surface area contributed by atoms with Crippen LogP contribution in [-0.4, -0.2) is 58.2 Å². The van der Waals surface area contributed by atoms with Crippen molar-refractivity contribution in [1.82, 2.24) is 9.80 Å². The molecule has 2 atom stereocenters. The Morgan fingerprint density at radius 3 is 2.00 bits per heavy atom. The van der Waals surface area contributed by atoms with Gasteiger partial charge in [0.15, 0.2) is 0 Å². The van der Waals surface area contributed by atoms with E-state index in [9.17, 15) is 4.79 Å². The topological polar surface area (TPSA) is 35.9 Å². The second-order valence-corrected chi connectivity index (χ2v) is 7.48. The summed E-state index contributed by atoms with van der Waals surface area (Å²) in [5, 5.41) is 0. The van der Waals surface area contributed by atoms with Crippen molar-refractivity contribution >= 4 is 12.1 Å². The van der Waals surface area contributed by atoms with E-state index in [-0.39, 0.29) is 29.1 Å². The summed E-state index contributed by atoms with van der Waals surface area (Å²) in [6, 6.07) is 0.0388. The number of β-lactam (4-membered cyclic amide) rings is 1. The van der Waals surface area contributed by atoms with Crippen LogP contribution in [0.3, 0.4) is 0 Å². The van der Waals surface area contributed by atoms with Gasteiger partial charge in [-0.2, -0.15) is 0 Å². The summed E-state index contributed by atoms with van der Waals surface area (Å²) in [6.45, 7) is 18.5. The van der Waals surface area contributed by atoms with E-state index in [0.29, 0.717) is 0 Å². The van der Waals surface area contributed by atoms with Crippen molar-refractivity contribution in [2.45, 2.75) is 78.6 Å². The van der Waals surface area contributed by atoms with E-state index in [1.807, 2.05) is 11.1 Å². The number of hydrogen-bond donors (Lipinski definition) is 0. The summed E-state index contributed by atoms with van der Waals surface area (Å²) in [5.41, 5.74) is -0.259. The highest BCUT2D eigenvalue weighted by atomic mass is 16.2. The van der Waals surface area contributed by atoms with Crippen LogP contribution in [0, 0.1) is 0 Å². The molecule has 4 heteroatoms. The predicted molar refractivity (Wildman–Crippen MR) is 85.3 cm³/mol.